The molecule has 0 spiro atoms. The normalized spacial score (nSPS) is 51.6. The minimum atomic E-state index is -5.33. The Hall–Kier alpha value is -0.582. The van der Waals surface area contributed by atoms with Crippen molar-refractivity contribution in [3.05, 3.63) is 0 Å². The SMILES string of the molecule is CC1(F)C(C)(F)C(C)(F)C(C)(F)C(C)(F)C1(C)F.CC1(F)C(C)(F)C(C)(F)C2(F)C(C)(F)C(C)(F)C(C)(F)C(C)(F)C2(F)C1(C)F.C[Si](C)(C)O[Si](C)(C)O[Si](C)(CCCC(F)(F)F)O[Si](C)(C)C. The molecule has 3 fully saturated rings. The van der Waals surface area contributed by atoms with Crippen molar-refractivity contribution < 1.29 is 95.8 Å². The van der Waals surface area contributed by atoms with Crippen LogP contribution in [-0.4, -0.2) is 131 Å². The highest BCUT2D eigenvalue weighted by Gasteiger charge is 3.03. The molecule has 0 aromatic heterocycles. The molecule has 0 saturated heterocycles. The molecule has 0 aliphatic heterocycles. The predicted octanol–water partition coefficient (Wildman–Crippen LogP) is 16.4. The van der Waals surface area contributed by atoms with Gasteiger partial charge >= 0.3 is 23.3 Å². The zero-order valence-electron chi connectivity index (χ0n) is 44.0. The molecule has 3 nitrogen and oxygen atoms in total. The van der Waals surface area contributed by atoms with Crippen molar-refractivity contribution in [2.45, 2.75) is 272 Å². The van der Waals surface area contributed by atoms with Gasteiger partial charge in [0, 0.05) is 6.42 Å². The third-order valence-electron chi connectivity index (χ3n) is 16.3. The second-order valence-electron chi connectivity index (χ2n) is 23.9. The second-order valence-corrected chi connectivity index (χ2v) is 40.4. The van der Waals surface area contributed by atoms with Crippen LogP contribution in [0.1, 0.15) is 110 Å². The summed E-state index contributed by atoms with van der Waals surface area (Å²) in [6.45, 7) is 20.1. The van der Waals surface area contributed by atoms with Crippen molar-refractivity contribution in [3.8, 4) is 0 Å². The van der Waals surface area contributed by atoms with E-state index in [2.05, 4.69) is 19.6 Å². The van der Waals surface area contributed by atoms with E-state index in [1.807, 2.05) is 39.3 Å². The number of fused-ring (bicyclic) bond motifs is 1. The van der Waals surface area contributed by atoms with E-state index in [1.54, 1.807) is 0 Å². The molecular formula is C43H75F19O3Si4. The van der Waals surface area contributed by atoms with Crippen LogP contribution < -0.4 is 0 Å². The number of hydrogen-bond acceptors (Lipinski definition) is 3. The zero-order valence-corrected chi connectivity index (χ0v) is 48.0. The van der Waals surface area contributed by atoms with Gasteiger partial charge in [-0.05, 0) is 168 Å². The summed E-state index contributed by atoms with van der Waals surface area (Å²) in [7, 11) is -8.82. The minimum absolute atomic E-state index is 0.00376. The Balaban J connectivity index is 0.000000531. The van der Waals surface area contributed by atoms with Crippen LogP contribution >= 0.6 is 0 Å². The molecule has 3 saturated carbocycles. The van der Waals surface area contributed by atoms with Gasteiger partial charge in [-0.3, -0.25) is 0 Å². The van der Waals surface area contributed by atoms with Crippen molar-refractivity contribution in [1.29, 1.82) is 0 Å². The smallest absolute Gasteiger partial charge is 0.389 e. The summed E-state index contributed by atoms with van der Waals surface area (Å²) < 4.78 is 298. The van der Waals surface area contributed by atoms with Crippen LogP contribution in [0.2, 0.25) is 65.0 Å². The van der Waals surface area contributed by atoms with Crippen LogP contribution in [0.25, 0.3) is 0 Å². The molecule has 0 heterocycles. The Kier molecular flexibility index (Phi) is 16.6. The van der Waals surface area contributed by atoms with E-state index in [-0.39, 0.29) is 61.8 Å². The Morgan fingerprint density at radius 3 is 0.667 bits per heavy atom. The predicted molar refractivity (Wildman–Crippen MR) is 240 cm³/mol. The fraction of sp³-hybridized carbons (Fsp3) is 1.00. The lowest BCUT2D eigenvalue weighted by Crippen LogP contribution is -3.00. The van der Waals surface area contributed by atoms with Gasteiger partial charge in [-0.25, -0.2) is 70.2 Å². The first kappa shape index (κ1) is 66.4. The van der Waals surface area contributed by atoms with Gasteiger partial charge in [0.05, 0.1) is 0 Å². The topological polar surface area (TPSA) is 27.7 Å². The fourth-order valence-corrected chi connectivity index (χ4v) is 28.5. The average Bonchev–Trinajstić information content (AvgIpc) is 3.05. The molecule has 3 aliphatic rings. The summed E-state index contributed by atoms with van der Waals surface area (Å²) >= 11 is 0. The first-order chi connectivity index (χ1) is 29.1. The Morgan fingerprint density at radius 2 is 0.493 bits per heavy atom. The van der Waals surface area contributed by atoms with Gasteiger partial charge in [0.1, 0.15) is 0 Å². The summed E-state index contributed by atoms with van der Waals surface area (Å²) in [6, 6.07) is 0.349. The van der Waals surface area contributed by atoms with Crippen molar-refractivity contribution >= 4 is 33.8 Å². The first-order valence-corrected chi connectivity index (χ1v) is 34.4. The molecule has 0 radical (unpaired) electrons. The molecule has 0 bridgehead atoms. The molecular weight excluding hydrogens is 1040 g/mol. The quantitative estimate of drug-likeness (QED) is 0.170. The van der Waals surface area contributed by atoms with Gasteiger partial charge in [-0.1, -0.05) is 0 Å². The van der Waals surface area contributed by atoms with Crippen LogP contribution in [0.15, 0.2) is 0 Å². The van der Waals surface area contributed by atoms with Crippen molar-refractivity contribution in [2.24, 2.45) is 0 Å². The average molecular weight is 1110 g/mol. The highest BCUT2D eigenvalue weighted by molar-refractivity contribution is 6.89. The molecule has 3 rings (SSSR count). The van der Waals surface area contributed by atoms with E-state index < -0.39 is 137 Å². The van der Waals surface area contributed by atoms with Gasteiger partial charge in [-0.2, -0.15) is 13.2 Å². The zero-order chi connectivity index (χ0) is 56.7. The molecule has 0 aromatic carbocycles. The second kappa shape index (κ2) is 17.2. The van der Waals surface area contributed by atoms with Crippen LogP contribution in [-0.2, 0) is 12.3 Å². The summed E-state index contributed by atoms with van der Waals surface area (Å²) in [5, 5.41) is 0. The Morgan fingerprint density at radius 1 is 0.304 bits per heavy atom. The van der Waals surface area contributed by atoms with E-state index in [9.17, 15) is 39.5 Å². The molecule has 3 aliphatic carbocycles. The summed E-state index contributed by atoms with van der Waals surface area (Å²) in [5.41, 5.74) is -67.8. The standard InChI is InChI=1S/C18H24F10.C13H33F3O3Si4.C12H18F6/c1-9(19)10(2,20)14(6,24)18(28)16(8,26)12(4,22)11(3,21)15(7,25)17(18,27)13(9,5)23;1-20(2,3)17-22(7,8)19-23(9,18-21(4,5)6)12-10-11-13(14,15)16;1-7(13)8(2,14)10(4,16)12(6,18)11(5,17)9(7,3)15/h1-8H3;10-12H2,1-9H3;1-6H3. The first-order valence-electron chi connectivity index (χ1n) is 22.3. The fourth-order valence-electron chi connectivity index (χ4n) is 10.5. The van der Waals surface area contributed by atoms with Crippen LogP contribution in [0, 0.1) is 0 Å². The molecule has 0 amide bonds. The minimum Gasteiger partial charge on any atom is -0.437 e. The van der Waals surface area contributed by atoms with Crippen LogP contribution in [0.3, 0.4) is 0 Å². The highest BCUT2D eigenvalue weighted by atomic mass is 28.5. The van der Waals surface area contributed by atoms with Crippen LogP contribution in [0.5, 0.6) is 0 Å². The monoisotopic (exact) mass is 1110 g/mol. The van der Waals surface area contributed by atoms with Gasteiger partial charge in [0.2, 0.25) is 11.3 Å². The molecule has 26 heteroatoms. The molecule has 414 valence electrons. The third kappa shape index (κ3) is 9.06. The maximum Gasteiger partial charge on any atom is 0.389 e. The summed E-state index contributed by atoms with van der Waals surface area (Å²) in [6.07, 6.45) is -4.87. The van der Waals surface area contributed by atoms with Crippen molar-refractivity contribution in [2.75, 3.05) is 0 Å². The molecule has 9 atom stereocenters. The maximum absolute atomic E-state index is 16.2. The molecule has 69 heavy (non-hydrogen) atoms. The van der Waals surface area contributed by atoms with Crippen molar-refractivity contribution in [3.63, 3.8) is 0 Å². The van der Waals surface area contributed by atoms with E-state index in [0.29, 0.717) is 47.6 Å². The third-order valence-corrected chi connectivity index (χ3v) is 29.8. The Bertz CT molecular complexity index is 1630. The number of rotatable bonds is 9. The van der Waals surface area contributed by atoms with Crippen LogP contribution in [0.4, 0.5) is 83.4 Å². The van der Waals surface area contributed by atoms with Crippen molar-refractivity contribution in [1.82, 2.24) is 0 Å². The lowest BCUT2D eigenvalue weighted by molar-refractivity contribution is -0.431. The van der Waals surface area contributed by atoms with Gasteiger partial charge in [0.15, 0.2) is 96.0 Å². The lowest BCUT2D eigenvalue weighted by Gasteiger charge is -2.73. The molecule has 0 aromatic rings. The van der Waals surface area contributed by atoms with E-state index in [4.69, 9.17) is 12.3 Å². The maximum atomic E-state index is 16.2. The Labute approximate surface area is 400 Å². The molecule has 0 N–H and O–H groups in total. The van der Waals surface area contributed by atoms with E-state index >= 15 is 43.9 Å². The number of hydrogen-bond donors (Lipinski definition) is 0. The summed E-state index contributed by atoms with van der Waals surface area (Å²) in [4.78, 5) is 0. The number of halogens is 19. The van der Waals surface area contributed by atoms with E-state index in [0.717, 1.165) is 0 Å². The number of alkyl halides is 19. The van der Waals surface area contributed by atoms with Gasteiger partial charge < -0.3 is 12.3 Å². The summed E-state index contributed by atoms with van der Waals surface area (Å²) in [5.74, 6) is 0. The van der Waals surface area contributed by atoms with E-state index in [1.165, 1.54) is 0 Å². The highest BCUT2D eigenvalue weighted by Crippen LogP contribution is 2.79. The van der Waals surface area contributed by atoms with Gasteiger partial charge in [0.25, 0.3) is 0 Å². The molecule has 9 unspecified atom stereocenters. The lowest BCUT2D eigenvalue weighted by atomic mass is 9.37. The largest absolute Gasteiger partial charge is 0.437 e. The van der Waals surface area contributed by atoms with Gasteiger partial charge in [-0.15, -0.1) is 0 Å².